The molecule has 0 radical (unpaired) electrons. The number of carbonyl (C=O) groups is 1. The van der Waals surface area contributed by atoms with E-state index in [0.29, 0.717) is 39.0 Å². The molecule has 2 aromatic rings. The quantitative estimate of drug-likeness (QED) is 0.526. The zero-order chi connectivity index (χ0) is 18.1. The monoisotopic (exact) mass is 403 g/mol. The van der Waals surface area contributed by atoms with Crippen LogP contribution < -0.4 is 14.4 Å². The number of nitrogens with zero attached hydrogens (tertiary/aromatic N) is 1. The first kappa shape index (κ1) is 17.4. The van der Waals surface area contributed by atoms with Crippen molar-refractivity contribution in [2.24, 2.45) is 0 Å². The van der Waals surface area contributed by atoms with Gasteiger partial charge in [0.2, 0.25) is 0 Å². The van der Waals surface area contributed by atoms with Crippen molar-refractivity contribution in [1.29, 1.82) is 0 Å². The number of hydrogen-bond acceptors (Lipinski definition) is 5. The number of halogens is 1. The SMILES string of the molecule is O=C1/C(=C/c2cc(Cl)c3c(c2)OCCCO3)SC(=S)N1c1ccccc1. The standard InChI is InChI=1S/C19H14ClNO3S2/c20-14-9-12(10-15-17(14)24-8-4-7-23-15)11-16-18(22)21(19(25)26-16)13-5-2-1-3-6-13/h1-3,5-6,9-11H,4,7-8H2/b16-11-. The van der Waals surface area contributed by atoms with Crippen molar-refractivity contribution >= 4 is 57.6 Å². The number of fused-ring (bicyclic) bond motifs is 1. The summed E-state index contributed by atoms with van der Waals surface area (Å²) in [6.07, 6.45) is 2.58. The third-order valence-electron chi connectivity index (χ3n) is 3.93. The molecule has 4 nitrogen and oxygen atoms in total. The minimum atomic E-state index is -0.144. The molecule has 0 atom stereocenters. The summed E-state index contributed by atoms with van der Waals surface area (Å²) in [4.78, 5) is 14.9. The number of rotatable bonds is 2. The predicted octanol–water partition coefficient (Wildman–Crippen LogP) is 4.91. The highest BCUT2D eigenvalue weighted by atomic mass is 35.5. The molecule has 132 valence electrons. The van der Waals surface area contributed by atoms with Gasteiger partial charge in [0.05, 0.1) is 28.8 Å². The zero-order valence-electron chi connectivity index (χ0n) is 13.6. The molecule has 0 aliphatic carbocycles. The molecule has 1 fully saturated rings. The summed E-state index contributed by atoms with van der Waals surface area (Å²) < 4.78 is 11.9. The second kappa shape index (κ2) is 7.31. The Labute approximate surface area is 165 Å². The van der Waals surface area contributed by atoms with Crippen molar-refractivity contribution in [2.45, 2.75) is 6.42 Å². The lowest BCUT2D eigenvalue weighted by molar-refractivity contribution is -0.113. The fourth-order valence-corrected chi connectivity index (χ4v) is 4.33. The number of para-hydroxylation sites is 1. The van der Waals surface area contributed by atoms with E-state index in [9.17, 15) is 4.79 Å². The Morgan fingerprint density at radius 3 is 2.73 bits per heavy atom. The van der Waals surface area contributed by atoms with E-state index in [2.05, 4.69) is 0 Å². The molecular formula is C19H14ClNO3S2. The van der Waals surface area contributed by atoms with Gasteiger partial charge in [-0.15, -0.1) is 0 Å². The van der Waals surface area contributed by atoms with Gasteiger partial charge in [0.1, 0.15) is 0 Å². The summed E-state index contributed by atoms with van der Waals surface area (Å²) in [5.74, 6) is 1.01. The second-order valence-corrected chi connectivity index (χ2v) is 7.82. The Bertz CT molecular complexity index is 915. The van der Waals surface area contributed by atoms with Crippen LogP contribution in [0.1, 0.15) is 12.0 Å². The topological polar surface area (TPSA) is 38.8 Å². The fourth-order valence-electron chi connectivity index (χ4n) is 2.75. The van der Waals surface area contributed by atoms with E-state index in [-0.39, 0.29) is 5.91 Å². The van der Waals surface area contributed by atoms with Gasteiger partial charge in [0.25, 0.3) is 5.91 Å². The molecule has 0 bridgehead atoms. The molecule has 1 amide bonds. The number of thioether (sulfide) groups is 1. The van der Waals surface area contributed by atoms with Gasteiger partial charge in [-0.2, -0.15) is 0 Å². The average Bonchev–Trinajstić information content (AvgIpc) is 2.79. The molecule has 2 aliphatic rings. The predicted molar refractivity (Wildman–Crippen MR) is 109 cm³/mol. The van der Waals surface area contributed by atoms with Gasteiger partial charge in [0, 0.05) is 6.42 Å². The van der Waals surface area contributed by atoms with Crippen LogP contribution in [0.3, 0.4) is 0 Å². The van der Waals surface area contributed by atoms with Crippen molar-refractivity contribution in [3.8, 4) is 11.5 Å². The summed E-state index contributed by atoms with van der Waals surface area (Å²) in [7, 11) is 0. The maximum absolute atomic E-state index is 12.8. The highest BCUT2D eigenvalue weighted by Crippen LogP contribution is 2.40. The van der Waals surface area contributed by atoms with Gasteiger partial charge >= 0.3 is 0 Å². The zero-order valence-corrected chi connectivity index (χ0v) is 16.0. The van der Waals surface area contributed by atoms with E-state index in [1.165, 1.54) is 16.7 Å². The second-order valence-electron chi connectivity index (χ2n) is 5.73. The average molecular weight is 404 g/mol. The fraction of sp³-hybridized carbons (Fsp3) is 0.158. The van der Waals surface area contributed by atoms with Crippen molar-refractivity contribution in [3.63, 3.8) is 0 Å². The Morgan fingerprint density at radius 1 is 1.15 bits per heavy atom. The van der Waals surface area contributed by atoms with Crippen molar-refractivity contribution in [3.05, 3.63) is 58.0 Å². The third-order valence-corrected chi connectivity index (χ3v) is 5.51. The molecule has 7 heteroatoms. The van der Waals surface area contributed by atoms with Crippen LogP contribution in [0.15, 0.2) is 47.4 Å². The maximum atomic E-state index is 12.8. The van der Waals surface area contributed by atoms with E-state index in [1.807, 2.05) is 36.4 Å². The summed E-state index contributed by atoms with van der Waals surface area (Å²) in [6, 6.07) is 13.0. The summed E-state index contributed by atoms with van der Waals surface area (Å²) in [5.41, 5.74) is 1.53. The normalized spacial score (nSPS) is 18.3. The van der Waals surface area contributed by atoms with E-state index < -0.39 is 0 Å². The lowest BCUT2D eigenvalue weighted by Gasteiger charge is -2.13. The Kier molecular flexibility index (Phi) is 4.89. The smallest absolute Gasteiger partial charge is 0.270 e. The first-order valence-corrected chi connectivity index (χ1v) is 9.66. The van der Waals surface area contributed by atoms with Crippen LogP contribution in [0.2, 0.25) is 5.02 Å². The lowest BCUT2D eigenvalue weighted by atomic mass is 10.1. The number of ether oxygens (including phenoxy) is 2. The van der Waals surface area contributed by atoms with Crippen LogP contribution >= 0.6 is 35.6 Å². The number of anilines is 1. The largest absolute Gasteiger partial charge is 0.489 e. The first-order valence-electron chi connectivity index (χ1n) is 8.05. The van der Waals surface area contributed by atoms with Crippen molar-refractivity contribution in [1.82, 2.24) is 0 Å². The van der Waals surface area contributed by atoms with Crippen molar-refractivity contribution in [2.75, 3.05) is 18.1 Å². The number of benzene rings is 2. The first-order chi connectivity index (χ1) is 12.6. The van der Waals surface area contributed by atoms with Gasteiger partial charge in [-0.3, -0.25) is 9.69 Å². The minimum Gasteiger partial charge on any atom is -0.489 e. The summed E-state index contributed by atoms with van der Waals surface area (Å²) in [5, 5.41) is 0.467. The van der Waals surface area contributed by atoms with Gasteiger partial charge in [-0.1, -0.05) is 53.8 Å². The molecule has 1 saturated heterocycles. The lowest BCUT2D eigenvalue weighted by Crippen LogP contribution is -2.27. The Hall–Kier alpha value is -2.02. The van der Waals surface area contributed by atoms with E-state index in [1.54, 1.807) is 12.1 Å². The number of hydrogen-bond donors (Lipinski definition) is 0. The van der Waals surface area contributed by atoms with Crippen LogP contribution in [0, 0.1) is 0 Å². The maximum Gasteiger partial charge on any atom is 0.270 e. The third kappa shape index (κ3) is 3.32. The van der Waals surface area contributed by atoms with Crippen LogP contribution in [-0.4, -0.2) is 23.4 Å². The summed E-state index contributed by atoms with van der Waals surface area (Å²) >= 11 is 13.0. The van der Waals surface area contributed by atoms with Crippen LogP contribution in [0.25, 0.3) is 6.08 Å². The molecule has 0 spiro atoms. The molecule has 2 heterocycles. The molecule has 0 unspecified atom stereocenters. The Morgan fingerprint density at radius 2 is 1.92 bits per heavy atom. The molecule has 26 heavy (non-hydrogen) atoms. The molecule has 0 aromatic heterocycles. The molecule has 0 saturated carbocycles. The van der Waals surface area contributed by atoms with Gasteiger partial charge < -0.3 is 9.47 Å². The molecule has 4 rings (SSSR count). The number of amides is 1. The molecule has 2 aromatic carbocycles. The summed E-state index contributed by atoms with van der Waals surface area (Å²) in [6.45, 7) is 1.14. The Balaban J connectivity index is 1.67. The molecular weight excluding hydrogens is 390 g/mol. The number of thiocarbonyl (C=S) groups is 1. The highest BCUT2D eigenvalue weighted by Gasteiger charge is 2.33. The van der Waals surface area contributed by atoms with Gasteiger partial charge in [0.15, 0.2) is 15.8 Å². The van der Waals surface area contributed by atoms with Crippen LogP contribution in [0.5, 0.6) is 11.5 Å². The molecule has 0 N–H and O–H groups in total. The minimum absolute atomic E-state index is 0.144. The van der Waals surface area contributed by atoms with E-state index in [0.717, 1.165) is 17.7 Å². The highest BCUT2D eigenvalue weighted by molar-refractivity contribution is 8.27. The van der Waals surface area contributed by atoms with Crippen LogP contribution in [0.4, 0.5) is 5.69 Å². The van der Waals surface area contributed by atoms with E-state index >= 15 is 0 Å². The van der Waals surface area contributed by atoms with E-state index in [4.69, 9.17) is 33.3 Å². The van der Waals surface area contributed by atoms with Crippen molar-refractivity contribution < 1.29 is 14.3 Å². The van der Waals surface area contributed by atoms with Gasteiger partial charge in [-0.25, -0.2) is 0 Å². The van der Waals surface area contributed by atoms with Gasteiger partial charge in [-0.05, 0) is 35.9 Å². The number of carbonyl (C=O) groups excluding carboxylic acids is 1. The molecule has 2 aliphatic heterocycles. The van der Waals surface area contributed by atoms with Crippen LogP contribution in [-0.2, 0) is 4.79 Å².